The Kier molecular flexibility index (Phi) is 14.2. The molecule has 1 rings (SSSR count). The molecule has 1 heterocycles. The first-order valence-corrected chi connectivity index (χ1v) is 12.9. The number of hydrogen-bond donors (Lipinski definition) is 4. The van der Waals surface area contributed by atoms with Gasteiger partial charge in [-0.1, -0.05) is 73.6 Å². The van der Waals surface area contributed by atoms with Crippen molar-refractivity contribution in [2.24, 2.45) is 11.8 Å². The van der Waals surface area contributed by atoms with Gasteiger partial charge in [-0.2, -0.15) is 0 Å². The van der Waals surface area contributed by atoms with Gasteiger partial charge in [0.2, 0.25) is 5.91 Å². The van der Waals surface area contributed by atoms with Crippen LogP contribution in [0.5, 0.6) is 0 Å². The van der Waals surface area contributed by atoms with Crippen molar-refractivity contribution in [1.82, 2.24) is 5.32 Å². The maximum absolute atomic E-state index is 12.4. The average molecular weight is 500 g/mol. The summed E-state index contributed by atoms with van der Waals surface area (Å²) in [4.78, 5) is 24.3. The van der Waals surface area contributed by atoms with Gasteiger partial charge in [0.05, 0.1) is 12.2 Å². The molecule has 5 unspecified atom stereocenters. The smallest absolute Gasteiger partial charge is 0.238 e. The largest absolute Gasteiger partial charge is 0.393 e. The molecule has 1 aliphatic heterocycles. The lowest BCUT2D eigenvalue weighted by atomic mass is 9.89. The molecule has 0 aromatic rings. The van der Waals surface area contributed by atoms with Gasteiger partial charge in [-0.05, 0) is 71.3 Å². The minimum Gasteiger partial charge on any atom is -0.393 e. The number of nitrogens with one attached hydrogen (secondary N) is 1. The number of carbonyl (C=O) groups excluding carboxylic acids is 2. The van der Waals surface area contributed by atoms with E-state index >= 15 is 0 Å². The molecule has 1 saturated heterocycles. The Bertz CT molecular complexity index is 908. The topological polar surface area (TPSA) is 107 Å². The van der Waals surface area contributed by atoms with E-state index < -0.39 is 35.9 Å². The summed E-state index contributed by atoms with van der Waals surface area (Å²) in [5.74, 6) is -1.86. The molecule has 1 fully saturated rings. The molecule has 0 radical (unpaired) electrons. The Morgan fingerprint density at radius 1 is 1.19 bits per heavy atom. The minimum atomic E-state index is -1.20. The number of amides is 1. The number of rotatable bonds is 15. The fraction of sp³-hybridized carbons (Fsp3) is 0.533. The van der Waals surface area contributed by atoms with Crippen LogP contribution in [-0.2, 0) is 9.59 Å². The zero-order chi connectivity index (χ0) is 27.3. The molecule has 36 heavy (non-hydrogen) atoms. The third kappa shape index (κ3) is 10.6. The third-order valence-electron chi connectivity index (χ3n) is 6.60. The van der Waals surface area contributed by atoms with Crippen molar-refractivity contribution in [2.45, 2.75) is 91.5 Å². The van der Waals surface area contributed by atoms with Crippen LogP contribution in [-0.4, -0.2) is 45.3 Å². The number of aliphatic hydroxyl groups excluding tert-OH is 3. The third-order valence-corrected chi connectivity index (χ3v) is 6.60. The molecular weight excluding hydrogens is 454 g/mol. The molecule has 0 saturated carbocycles. The molecule has 1 amide bonds. The van der Waals surface area contributed by atoms with Gasteiger partial charge in [0.15, 0.2) is 5.78 Å². The van der Waals surface area contributed by atoms with E-state index in [0.29, 0.717) is 31.3 Å². The van der Waals surface area contributed by atoms with E-state index in [4.69, 9.17) is 0 Å². The Hall–Kier alpha value is -2.54. The Labute approximate surface area is 216 Å². The van der Waals surface area contributed by atoms with Crippen LogP contribution in [0.25, 0.3) is 0 Å². The molecule has 4 N–H and O–H groups in total. The van der Waals surface area contributed by atoms with Crippen LogP contribution in [0.2, 0.25) is 0 Å². The van der Waals surface area contributed by atoms with E-state index in [1.54, 1.807) is 25.2 Å². The molecule has 6 heteroatoms. The quantitative estimate of drug-likeness (QED) is 0.112. The summed E-state index contributed by atoms with van der Waals surface area (Å²) in [6, 6.07) is 0. The van der Waals surface area contributed by atoms with E-state index in [1.807, 2.05) is 19.1 Å². The maximum Gasteiger partial charge on any atom is 0.238 e. The Balaban J connectivity index is 2.40. The van der Waals surface area contributed by atoms with E-state index in [1.165, 1.54) is 11.1 Å². The first-order valence-electron chi connectivity index (χ1n) is 12.9. The zero-order valence-corrected chi connectivity index (χ0v) is 22.5. The predicted octanol–water partition coefficient (Wildman–Crippen LogP) is 4.85. The highest BCUT2D eigenvalue weighted by Gasteiger charge is 2.41. The summed E-state index contributed by atoms with van der Waals surface area (Å²) < 4.78 is 0. The van der Waals surface area contributed by atoms with Crippen molar-refractivity contribution in [3.05, 3.63) is 71.5 Å². The summed E-state index contributed by atoms with van der Waals surface area (Å²) in [6.07, 6.45) is 15.1. The van der Waals surface area contributed by atoms with Crippen LogP contribution in [0, 0.1) is 11.8 Å². The van der Waals surface area contributed by atoms with Crippen LogP contribution in [0.15, 0.2) is 71.5 Å². The lowest BCUT2D eigenvalue weighted by Crippen LogP contribution is -2.30. The molecule has 0 aliphatic carbocycles. The van der Waals surface area contributed by atoms with Crippen molar-refractivity contribution in [1.29, 1.82) is 0 Å². The minimum absolute atomic E-state index is 0.150. The van der Waals surface area contributed by atoms with Crippen LogP contribution in [0.1, 0.15) is 73.1 Å². The number of ketones is 1. The van der Waals surface area contributed by atoms with Gasteiger partial charge >= 0.3 is 0 Å². The van der Waals surface area contributed by atoms with Gasteiger partial charge in [0, 0.05) is 5.70 Å². The van der Waals surface area contributed by atoms with Gasteiger partial charge in [-0.3, -0.25) is 9.59 Å². The van der Waals surface area contributed by atoms with Crippen LogP contribution >= 0.6 is 0 Å². The van der Waals surface area contributed by atoms with Gasteiger partial charge in [0.1, 0.15) is 12.0 Å². The van der Waals surface area contributed by atoms with Crippen molar-refractivity contribution in [3.8, 4) is 0 Å². The van der Waals surface area contributed by atoms with Crippen LogP contribution in [0.4, 0.5) is 0 Å². The van der Waals surface area contributed by atoms with E-state index in [0.717, 1.165) is 12.8 Å². The first-order chi connectivity index (χ1) is 17.0. The monoisotopic (exact) mass is 499 g/mol. The molecule has 0 spiro atoms. The summed E-state index contributed by atoms with van der Waals surface area (Å²) >= 11 is 0. The second-order valence-electron chi connectivity index (χ2n) is 9.70. The summed E-state index contributed by atoms with van der Waals surface area (Å²) in [5.41, 5.74) is 3.07. The van der Waals surface area contributed by atoms with Gasteiger partial charge < -0.3 is 20.6 Å². The Morgan fingerprint density at radius 3 is 2.47 bits per heavy atom. The second kappa shape index (κ2) is 16.3. The summed E-state index contributed by atoms with van der Waals surface area (Å²) in [6.45, 7) is 13.5. The highest BCUT2D eigenvalue weighted by molar-refractivity contribution is 6.12. The Morgan fingerprint density at radius 2 is 1.89 bits per heavy atom. The number of carbonyl (C=O) groups is 2. The van der Waals surface area contributed by atoms with Crippen LogP contribution < -0.4 is 5.32 Å². The van der Waals surface area contributed by atoms with Crippen LogP contribution in [0.3, 0.4) is 0 Å². The molecule has 6 nitrogen and oxygen atoms in total. The lowest BCUT2D eigenvalue weighted by molar-refractivity contribution is -0.132. The maximum atomic E-state index is 12.4. The first kappa shape index (κ1) is 31.5. The standard InChI is InChI=1S/C30H45NO5/c1-7-20(3)18-21(4)19-24(8-2)26(33)17-11-9-10-15-25(32)16-13-12-14-22(5)28(34)27-29(35)23(6)31-30(27)36/h7,9-11,14-15,18,24-27,29,32-33,35H,6,8,12-13,16-17,19H2,1-5H3,(H,31,36). The van der Waals surface area contributed by atoms with Gasteiger partial charge in [-0.15, -0.1) is 0 Å². The SMILES string of the molecule is C=C1NC(=O)C(C(=O)C(C)=CCCCC(O)C=CC=CCC(O)C(CC)CC(C)=CC(C)=CC)C1O. The summed E-state index contributed by atoms with van der Waals surface area (Å²) in [5, 5.41) is 33.1. The van der Waals surface area contributed by atoms with Gasteiger partial charge in [0.25, 0.3) is 0 Å². The van der Waals surface area contributed by atoms with E-state index in [-0.39, 0.29) is 11.6 Å². The van der Waals surface area contributed by atoms with Crippen molar-refractivity contribution in [2.75, 3.05) is 0 Å². The average Bonchev–Trinajstić information content (AvgIpc) is 3.09. The van der Waals surface area contributed by atoms with Crippen molar-refractivity contribution in [3.63, 3.8) is 0 Å². The highest BCUT2D eigenvalue weighted by atomic mass is 16.3. The molecular formula is C30H45NO5. The second-order valence-corrected chi connectivity index (χ2v) is 9.70. The van der Waals surface area contributed by atoms with E-state index in [9.17, 15) is 24.9 Å². The normalized spacial score (nSPS) is 22.4. The van der Waals surface area contributed by atoms with E-state index in [2.05, 4.69) is 44.8 Å². The fourth-order valence-corrected chi connectivity index (χ4v) is 4.18. The van der Waals surface area contributed by atoms with Crippen molar-refractivity contribution >= 4 is 11.7 Å². The van der Waals surface area contributed by atoms with Crippen molar-refractivity contribution < 1.29 is 24.9 Å². The number of aliphatic hydroxyl groups is 3. The fourth-order valence-electron chi connectivity index (χ4n) is 4.18. The van der Waals surface area contributed by atoms with Gasteiger partial charge in [-0.25, -0.2) is 0 Å². The number of unbranched alkanes of at least 4 members (excludes halogenated alkanes) is 1. The lowest BCUT2D eigenvalue weighted by Gasteiger charge is -2.21. The number of hydrogen-bond acceptors (Lipinski definition) is 5. The molecule has 5 atom stereocenters. The summed E-state index contributed by atoms with van der Waals surface area (Å²) in [7, 11) is 0. The molecule has 1 aliphatic rings. The molecule has 0 aromatic heterocycles. The molecule has 200 valence electrons. The molecule has 0 bridgehead atoms. The number of Topliss-reactive ketones (excluding diaryl/α,β-unsaturated/α-hetero) is 1. The predicted molar refractivity (Wildman–Crippen MR) is 146 cm³/mol. The highest BCUT2D eigenvalue weighted by Crippen LogP contribution is 2.23. The molecule has 0 aromatic carbocycles. The zero-order valence-electron chi connectivity index (χ0n) is 22.5. The number of allylic oxidation sites excluding steroid dienone is 8.